The van der Waals surface area contributed by atoms with Gasteiger partial charge in [-0.15, -0.1) is 0 Å². The smallest absolute Gasteiger partial charge is 0.303 e. The number of allylic oxidation sites excluding steroid dienone is 1. The van der Waals surface area contributed by atoms with Gasteiger partial charge in [-0.25, -0.2) is 0 Å². The fraction of sp³-hybridized carbons (Fsp3) is 0.826. The first-order valence-corrected chi connectivity index (χ1v) is 11.0. The molecule has 0 aliphatic heterocycles. The van der Waals surface area contributed by atoms with Crippen LogP contribution in [0.15, 0.2) is 11.6 Å². The first-order valence-electron chi connectivity index (χ1n) is 11.0. The second-order valence-corrected chi connectivity index (χ2v) is 10.3. The van der Waals surface area contributed by atoms with Gasteiger partial charge < -0.3 is 20.1 Å². The summed E-state index contributed by atoms with van der Waals surface area (Å²) in [6.07, 6.45) is 4.91. The van der Waals surface area contributed by atoms with Crippen LogP contribution in [0.1, 0.15) is 65.7 Å². The van der Waals surface area contributed by atoms with Crippen LogP contribution in [0.4, 0.5) is 0 Å². The molecule has 4 aliphatic rings. The van der Waals surface area contributed by atoms with Crippen molar-refractivity contribution in [2.45, 2.75) is 83.5 Å². The molecule has 0 bridgehead atoms. The second kappa shape index (κ2) is 6.89. The fourth-order valence-electron chi connectivity index (χ4n) is 7.74. The van der Waals surface area contributed by atoms with Gasteiger partial charge in [0.25, 0.3) is 0 Å². The van der Waals surface area contributed by atoms with Crippen LogP contribution in [0.5, 0.6) is 0 Å². The maximum Gasteiger partial charge on any atom is 0.303 e. The van der Waals surface area contributed by atoms with E-state index < -0.39 is 35.8 Å². The summed E-state index contributed by atoms with van der Waals surface area (Å²) in [6, 6.07) is 0. The predicted molar refractivity (Wildman–Crippen MR) is 106 cm³/mol. The van der Waals surface area contributed by atoms with Crippen LogP contribution in [0, 0.1) is 28.6 Å². The molecule has 29 heavy (non-hydrogen) atoms. The normalized spacial score (nSPS) is 47.5. The third-order valence-corrected chi connectivity index (χ3v) is 9.12. The first kappa shape index (κ1) is 21.0. The largest absolute Gasteiger partial charge is 0.457 e. The Morgan fingerprint density at radius 2 is 2.00 bits per heavy atom. The minimum absolute atomic E-state index is 0.0670. The molecule has 0 aromatic rings. The maximum atomic E-state index is 12.0. The molecule has 3 saturated carbocycles. The standard InChI is InChI=1S/C23H34O6/c1-13(25)29-19(12-24)23(28)9-7-17-16-5-4-14-10-15(26)6-8-21(14,2)20(16)18(27)11-22(17,23)3/h10,16-20,24,27-28H,4-9,11-12H2,1-3H3/t16-,17-,18-,19?,20+,21-,22-,23-/m0/s1. The monoisotopic (exact) mass is 406 g/mol. The number of esters is 1. The molecule has 8 atom stereocenters. The zero-order chi connectivity index (χ0) is 21.2. The summed E-state index contributed by atoms with van der Waals surface area (Å²) in [6.45, 7) is 5.04. The molecule has 4 aliphatic carbocycles. The number of fused-ring (bicyclic) bond motifs is 5. The Balaban J connectivity index is 1.70. The van der Waals surface area contributed by atoms with Gasteiger partial charge in [0, 0.05) is 18.8 Å². The summed E-state index contributed by atoms with van der Waals surface area (Å²) in [5, 5.41) is 32.9. The highest BCUT2D eigenvalue weighted by Gasteiger charge is 2.68. The number of rotatable bonds is 3. The lowest BCUT2D eigenvalue weighted by Crippen LogP contribution is -2.63. The van der Waals surface area contributed by atoms with Gasteiger partial charge in [-0.1, -0.05) is 19.4 Å². The summed E-state index contributed by atoms with van der Waals surface area (Å²) in [4.78, 5) is 23.5. The molecular weight excluding hydrogens is 372 g/mol. The topological polar surface area (TPSA) is 104 Å². The van der Waals surface area contributed by atoms with Crippen molar-refractivity contribution in [2.24, 2.45) is 28.6 Å². The van der Waals surface area contributed by atoms with Crippen molar-refractivity contribution in [3.8, 4) is 0 Å². The number of carbonyl (C=O) groups is 2. The van der Waals surface area contributed by atoms with E-state index in [1.54, 1.807) is 0 Å². The van der Waals surface area contributed by atoms with E-state index in [9.17, 15) is 24.9 Å². The van der Waals surface area contributed by atoms with Crippen LogP contribution >= 0.6 is 0 Å². The number of hydrogen-bond donors (Lipinski definition) is 3. The zero-order valence-corrected chi connectivity index (χ0v) is 17.7. The third-order valence-electron chi connectivity index (χ3n) is 9.12. The number of ketones is 1. The average molecular weight is 407 g/mol. The van der Waals surface area contributed by atoms with Crippen LogP contribution in [-0.2, 0) is 14.3 Å². The first-order chi connectivity index (χ1) is 13.6. The van der Waals surface area contributed by atoms with Crippen molar-refractivity contribution in [2.75, 3.05) is 6.61 Å². The van der Waals surface area contributed by atoms with Crippen molar-refractivity contribution >= 4 is 11.8 Å². The van der Waals surface area contributed by atoms with E-state index in [0.717, 1.165) is 25.7 Å². The third kappa shape index (κ3) is 2.86. The lowest BCUT2D eigenvalue weighted by atomic mass is 9.45. The van der Waals surface area contributed by atoms with Crippen molar-refractivity contribution in [3.63, 3.8) is 0 Å². The molecule has 0 saturated heterocycles. The molecule has 3 N–H and O–H groups in total. The van der Waals surface area contributed by atoms with E-state index in [4.69, 9.17) is 4.74 Å². The molecule has 0 spiro atoms. The molecule has 4 rings (SSSR count). The van der Waals surface area contributed by atoms with Gasteiger partial charge in [0.1, 0.15) is 5.60 Å². The predicted octanol–water partition coefficient (Wildman–Crippen LogP) is 2.14. The summed E-state index contributed by atoms with van der Waals surface area (Å²) in [7, 11) is 0. The molecule has 0 aromatic heterocycles. The molecule has 0 radical (unpaired) electrons. The minimum atomic E-state index is -1.36. The van der Waals surface area contributed by atoms with Crippen molar-refractivity contribution in [3.05, 3.63) is 11.6 Å². The van der Waals surface area contributed by atoms with E-state index in [0.29, 0.717) is 19.3 Å². The summed E-state index contributed by atoms with van der Waals surface area (Å²) >= 11 is 0. The quantitative estimate of drug-likeness (QED) is 0.621. The van der Waals surface area contributed by atoms with E-state index in [-0.39, 0.29) is 29.0 Å². The van der Waals surface area contributed by atoms with Gasteiger partial charge in [-0.3, -0.25) is 9.59 Å². The lowest BCUT2D eigenvalue weighted by molar-refractivity contribution is -0.218. The molecule has 6 nitrogen and oxygen atoms in total. The Kier molecular flexibility index (Phi) is 4.99. The number of aliphatic hydroxyl groups excluding tert-OH is 2. The van der Waals surface area contributed by atoms with Crippen LogP contribution in [-0.4, -0.2) is 51.5 Å². The van der Waals surface area contributed by atoms with E-state index in [2.05, 4.69) is 6.92 Å². The van der Waals surface area contributed by atoms with Crippen LogP contribution in [0.25, 0.3) is 0 Å². The van der Waals surface area contributed by atoms with E-state index in [1.165, 1.54) is 12.5 Å². The minimum Gasteiger partial charge on any atom is -0.457 e. The molecule has 3 fully saturated rings. The average Bonchev–Trinajstić information content (AvgIpc) is 2.91. The molecule has 0 amide bonds. The van der Waals surface area contributed by atoms with E-state index in [1.807, 2.05) is 13.0 Å². The van der Waals surface area contributed by atoms with Crippen LogP contribution < -0.4 is 0 Å². The zero-order valence-electron chi connectivity index (χ0n) is 17.7. The summed E-state index contributed by atoms with van der Waals surface area (Å²) in [5.74, 6) is 0.155. The van der Waals surface area contributed by atoms with Gasteiger partial charge >= 0.3 is 5.97 Å². The molecule has 0 heterocycles. The Morgan fingerprint density at radius 1 is 1.28 bits per heavy atom. The SMILES string of the molecule is CC(=O)OC(CO)[C@@]1(O)CC[C@H]2[C@@H]3CCC4=CC(=O)CC[C@]4(C)[C@H]3[C@@H](O)C[C@@]21C. The number of aliphatic hydroxyl groups is 3. The van der Waals surface area contributed by atoms with Gasteiger partial charge in [-0.2, -0.15) is 0 Å². The lowest BCUT2D eigenvalue weighted by Gasteiger charge is -2.61. The highest BCUT2D eigenvalue weighted by Crippen LogP contribution is 2.68. The Hall–Kier alpha value is -1.24. The van der Waals surface area contributed by atoms with Gasteiger partial charge in [-0.05, 0) is 67.8 Å². The summed E-state index contributed by atoms with van der Waals surface area (Å²) in [5.41, 5.74) is -0.994. The van der Waals surface area contributed by atoms with Crippen LogP contribution in [0.2, 0.25) is 0 Å². The number of carbonyl (C=O) groups excluding carboxylic acids is 2. The highest BCUT2D eigenvalue weighted by molar-refractivity contribution is 5.91. The number of hydrogen-bond acceptors (Lipinski definition) is 6. The van der Waals surface area contributed by atoms with Crippen molar-refractivity contribution in [1.29, 1.82) is 0 Å². The van der Waals surface area contributed by atoms with Gasteiger partial charge in [0.15, 0.2) is 11.9 Å². The Morgan fingerprint density at radius 3 is 2.66 bits per heavy atom. The van der Waals surface area contributed by atoms with Gasteiger partial charge in [0.05, 0.1) is 12.7 Å². The summed E-state index contributed by atoms with van der Waals surface area (Å²) < 4.78 is 5.32. The van der Waals surface area contributed by atoms with Crippen molar-refractivity contribution < 1.29 is 29.6 Å². The van der Waals surface area contributed by atoms with Gasteiger partial charge in [0.2, 0.25) is 0 Å². The molecular formula is C23H34O6. The Labute approximate surface area is 172 Å². The molecule has 162 valence electrons. The fourth-order valence-corrected chi connectivity index (χ4v) is 7.74. The number of ether oxygens (including phenoxy) is 1. The van der Waals surface area contributed by atoms with Crippen LogP contribution in [0.3, 0.4) is 0 Å². The molecule has 0 aromatic carbocycles. The Bertz CT molecular complexity index is 746. The van der Waals surface area contributed by atoms with E-state index >= 15 is 0 Å². The second-order valence-electron chi connectivity index (χ2n) is 10.3. The molecule has 1 unspecified atom stereocenters. The molecule has 6 heteroatoms. The maximum absolute atomic E-state index is 12.0. The van der Waals surface area contributed by atoms with Crippen molar-refractivity contribution in [1.82, 2.24) is 0 Å². The highest BCUT2D eigenvalue weighted by atomic mass is 16.6.